The number of alkyl halides is 1. The van der Waals surface area contributed by atoms with Gasteiger partial charge in [0.05, 0.1) is 23.1 Å². The lowest BCUT2D eigenvalue weighted by molar-refractivity contribution is -0.145. The zero-order valence-corrected chi connectivity index (χ0v) is 18.9. The molecule has 2 amide bonds. The highest BCUT2D eigenvalue weighted by atomic mass is 79.9. The molecule has 0 bridgehead atoms. The summed E-state index contributed by atoms with van der Waals surface area (Å²) in [4.78, 5) is 61.3. The Morgan fingerprint density at radius 1 is 0.875 bits per heavy atom. The largest absolute Gasteiger partial charge is 0.467 e. The van der Waals surface area contributed by atoms with Crippen molar-refractivity contribution in [2.45, 2.75) is 24.7 Å². The second kappa shape index (κ2) is 9.31. The number of halogens is 1. The molecular weight excluding hydrogens is 486 g/mol. The quantitative estimate of drug-likeness (QED) is 0.255. The summed E-state index contributed by atoms with van der Waals surface area (Å²) < 4.78 is 15.0. The van der Waals surface area contributed by atoms with Crippen molar-refractivity contribution in [1.82, 2.24) is 4.90 Å². The molecule has 0 aromatic heterocycles. The Bertz CT molecular complexity index is 1090. The average Bonchev–Trinajstić information content (AvgIpc) is 2.99. The van der Waals surface area contributed by atoms with Crippen LogP contribution in [0, 0.1) is 0 Å². The molecular formula is C22H18BrNO8. The number of fused-ring (bicyclic) bond motifs is 1. The van der Waals surface area contributed by atoms with Crippen LogP contribution in [0.4, 0.5) is 0 Å². The molecule has 0 fully saturated rings. The minimum Gasteiger partial charge on any atom is -0.467 e. The maximum atomic E-state index is 12.9. The monoisotopic (exact) mass is 503 g/mol. The molecule has 10 heteroatoms. The summed E-state index contributed by atoms with van der Waals surface area (Å²) in [6.07, 6.45) is 0. The summed E-state index contributed by atoms with van der Waals surface area (Å²) in [6.45, 7) is 2.36. The molecule has 2 aromatic carbocycles. The highest BCUT2D eigenvalue weighted by Crippen LogP contribution is 2.39. The molecule has 1 heterocycles. The predicted molar refractivity (Wildman–Crippen MR) is 113 cm³/mol. The number of esters is 3. The number of methoxy groups -OCH3 is 1. The molecule has 2 aromatic rings. The van der Waals surface area contributed by atoms with Gasteiger partial charge in [-0.3, -0.25) is 24.1 Å². The van der Waals surface area contributed by atoms with Gasteiger partial charge in [-0.15, -0.1) is 0 Å². The van der Waals surface area contributed by atoms with Gasteiger partial charge in [0.1, 0.15) is 0 Å². The van der Waals surface area contributed by atoms with Gasteiger partial charge in [-0.25, -0.2) is 4.79 Å². The lowest BCUT2D eigenvalue weighted by Gasteiger charge is -2.28. The lowest BCUT2D eigenvalue weighted by atomic mass is 10.0. The number of imide groups is 1. The van der Waals surface area contributed by atoms with Crippen LogP contribution in [0.1, 0.15) is 45.0 Å². The third-order valence-electron chi connectivity index (χ3n) is 4.62. The van der Waals surface area contributed by atoms with Gasteiger partial charge >= 0.3 is 17.9 Å². The van der Waals surface area contributed by atoms with Crippen LogP contribution in [-0.2, 0) is 19.1 Å². The van der Waals surface area contributed by atoms with E-state index in [4.69, 9.17) is 14.2 Å². The standard InChI is InChI=1S/C22H18BrNO8/c1-11(25)31-16-9-8-13(10-17(16)32-12(2)26)18(23)19(22(29)30-3)24-20(27)14-6-4-5-7-15(14)21(24)28/h4-10,18-19H,1-3H3/t18-,19+/m1/s1. The highest BCUT2D eigenvalue weighted by Gasteiger charge is 2.46. The van der Waals surface area contributed by atoms with E-state index in [0.717, 1.165) is 12.0 Å². The van der Waals surface area contributed by atoms with Crippen molar-refractivity contribution in [2.24, 2.45) is 0 Å². The van der Waals surface area contributed by atoms with Gasteiger partial charge in [0.2, 0.25) is 0 Å². The number of benzene rings is 2. The van der Waals surface area contributed by atoms with E-state index in [-0.39, 0.29) is 22.6 Å². The fourth-order valence-corrected chi connectivity index (χ4v) is 4.03. The molecule has 9 nitrogen and oxygen atoms in total. The van der Waals surface area contributed by atoms with E-state index in [0.29, 0.717) is 5.56 Å². The van der Waals surface area contributed by atoms with Gasteiger partial charge in [0.25, 0.3) is 11.8 Å². The van der Waals surface area contributed by atoms with E-state index in [2.05, 4.69) is 15.9 Å². The second-order valence-corrected chi connectivity index (χ2v) is 7.78. The summed E-state index contributed by atoms with van der Waals surface area (Å²) in [5.41, 5.74) is 0.720. The van der Waals surface area contributed by atoms with Gasteiger partial charge in [-0.2, -0.15) is 0 Å². The van der Waals surface area contributed by atoms with E-state index in [1.807, 2.05) is 0 Å². The van der Waals surface area contributed by atoms with Gasteiger partial charge in [-0.1, -0.05) is 34.1 Å². The van der Waals surface area contributed by atoms with Crippen LogP contribution in [-0.4, -0.2) is 47.8 Å². The molecule has 0 N–H and O–H groups in total. The van der Waals surface area contributed by atoms with Crippen molar-refractivity contribution < 1.29 is 38.2 Å². The van der Waals surface area contributed by atoms with E-state index in [1.165, 1.54) is 44.2 Å². The minimum absolute atomic E-state index is 0.00787. The fourth-order valence-electron chi connectivity index (χ4n) is 3.29. The van der Waals surface area contributed by atoms with Gasteiger partial charge in [0, 0.05) is 13.8 Å². The SMILES string of the molecule is COC(=O)[C@H]([C@H](Br)c1ccc(OC(C)=O)c(OC(C)=O)c1)N1C(=O)c2ccccc2C1=O. The second-order valence-electron chi connectivity index (χ2n) is 6.79. The molecule has 32 heavy (non-hydrogen) atoms. The number of rotatable bonds is 6. The molecule has 0 saturated carbocycles. The molecule has 3 rings (SSSR count). The third kappa shape index (κ3) is 4.40. The molecule has 1 aliphatic heterocycles. The average molecular weight is 504 g/mol. The Labute approximate surface area is 191 Å². The van der Waals surface area contributed by atoms with Gasteiger partial charge < -0.3 is 14.2 Å². The molecule has 0 saturated heterocycles. The van der Waals surface area contributed by atoms with Crippen LogP contribution >= 0.6 is 15.9 Å². The number of nitrogens with zero attached hydrogens (tertiary/aromatic N) is 1. The Balaban J connectivity index is 2.04. The Morgan fingerprint density at radius 2 is 1.41 bits per heavy atom. The topological polar surface area (TPSA) is 116 Å². The number of carbonyl (C=O) groups is 5. The number of hydrogen-bond donors (Lipinski definition) is 0. The van der Waals surface area contributed by atoms with Crippen LogP contribution in [0.5, 0.6) is 11.5 Å². The highest BCUT2D eigenvalue weighted by molar-refractivity contribution is 9.09. The van der Waals surface area contributed by atoms with E-state index in [1.54, 1.807) is 12.1 Å². The first kappa shape index (κ1) is 23.1. The van der Waals surface area contributed by atoms with E-state index < -0.39 is 40.6 Å². The summed E-state index contributed by atoms with van der Waals surface area (Å²) in [6, 6.07) is 9.11. The zero-order valence-electron chi connectivity index (χ0n) is 17.3. The van der Waals surface area contributed by atoms with Crippen molar-refractivity contribution in [1.29, 1.82) is 0 Å². The van der Waals surface area contributed by atoms with Gasteiger partial charge in [0.15, 0.2) is 17.5 Å². The normalized spacial score (nSPS) is 14.4. The molecule has 2 atom stereocenters. The summed E-state index contributed by atoms with van der Waals surface area (Å²) in [7, 11) is 1.14. The Morgan fingerprint density at radius 3 is 1.91 bits per heavy atom. The van der Waals surface area contributed by atoms with Crippen LogP contribution in [0.2, 0.25) is 0 Å². The van der Waals surface area contributed by atoms with Gasteiger partial charge in [-0.05, 0) is 29.8 Å². The number of hydrogen-bond acceptors (Lipinski definition) is 8. The molecule has 1 aliphatic rings. The Hall–Kier alpha value is -3.53. The molecule has 0 radical (unpaired) electrons. The van der Waals surface area contributed by atoms with Crippen molar-refractivity contribution in [2.75, 3.05) is 7.11 Å². The smallest absolute Gasteiger partial charge is 0.330 e. The van der Waals surface area contributed by atoms with Crippen LogP contribution < -0.4 is 9.47 Å². The van der Waals surface area contributed by atoms with Crippen molar-refractivity contribution >= 4 is 45.7 Å². The number of carbonyl (C=O) groups excluding carboxylic acids is 5. The van der Waals surface area contributed by atoms with Crippen LogP contribution in [0.25, 0.3) is 0 Å². The molecule has 0 aliphatic carbocycles. The van der Waals surface area contributed by atoms with Crippen molar-refractivity contribution in [3.05, 3.63) is 59.2 Å². The summed E-state index contributed by atoms with van der Waals surface area (Å²) >= 11 is 3.38. The minimum atomic E-state index is -1.36. The maximum absolute atomic E-state index is 12.9. The van der Waals surface area contributed by atoms with Crippen molar-refractivity contribution in [3.8, 4) is 11.5 Å². The lowest BCUT2D eigenvalue weighted by Crippen LogP contribution is -2.47. The first-order chi connectivity index (χ1) is 15.1. The first-order valence-corrected chi connectivity index (χ1v) is 10.3. The van der Waals surface area contributed by atoms with Crippen LogP contribution in [0.3, 0.4) is 0 Å². The summed E-state index contributed by atoms with van der Waals surface area (Å²) in [5, 5.41) is 0. The Kier molecular flexibility index (Phi) is 6.73. The predicted octanol–water partition coefficient (Wildman–Crippen LogP) is 2.81. The van der Waals surface area contributed by atoms with E-state index in [9.17, 15) is 24.0 Å². The maximum Gasteiger partial charge on any atom is 0.330 e. The van der Waals surface area contributed by atoms with E-state index >= 15 is 0 Å². The van der Waals surface area contributed by atoms with Crippen molar-refractivity contribution in [3.63, 3.8) is 0 Å². The summed E-state index contributed by atoms with van der Waals surface area (Å²) in [5.74, 6) is -3.47. The zero-order chi connectivity index (χ0) is 23.6. The van der Waals surface area contributed by atoms with Crippen LogP contribution in [0.15, 0.2) is 42.5 Å². The third-order valence-corrected chi connectivity index (χ3v) is 5.65. The molecule has 166 valence electrons. The number of amides is 2. The fraction of sp³-hybridized carbons (Fsp3) is 0.227. The number of ether oxygens (including phenoxy) is 3. The molecule has 0 spiro atoms. The molecule has 0 unspecified atom stereocenters. The first-order valence-electron chi connectivity index (χ1n) is 9.35.